The van der Waals surface area contributed by atoms with Crippen molar-refractivity contribution in [2.24, 2.45) is 0 Å². The number of carbonyl (C=O) groups is 1. The zero-order valence-electron chi connectivity index (χ0n) is 12.6. The monoisotopic (exact) mass is 306 g/mol. The Balaban J connectivity index is 2.55. The fourth-order valence-corrected chi connectivity index (χ4v) is 2.27. The van der Waals surface area contributed by atoms with Gasteiger partial charge in [0.25, 0.3) is 0 Å². The number of nitrogens with zero attached hydrogens (tertiary/aromatic N) is 3. The van der Waals surface area contributed by atoms with Gasteiger partial charge < -0.3 is 5.32 Å². The topological polar surface area (TPSA) is 58.1 Å². The lowest BCUT2D eigenvalue weighted by atomic mass is 10.2. The van der Waals surface area contributed by atoms with Crippen LogP contribution in [0.3, 0.4) is 0 Å². The van der Waals surface area contributed by atoms with Gasteiger partial charge in [-0.1, -0.05) is 11.6 Å². The summed E-state index contributed by atoms with van der Waals surface area (Å²) < 4.78 is 0. The van der Waals surface area contributed by atoms with Gasteiger partial charge in [-0.15, -0.1) is 0 Å². The summed E-state index contributed by atoms with van der Waals surface area (Å²) in [5.74, 6) is 0.565. The highest BCUT2D eigenvalue weighted by Gasteiger charge is 2.23. The maximum absolute atomic E-state index is 12.4. The Hall–Kier alpha value is -1.88. The number of benzene rings is 1. The molecule has 0 unspecified atom stereocenters. The highest BCUT2D eigenvalue weighted by molar-refractivity contribution is 6.31. The number of rotatable bonds is 3. The summed E-state index contributed by atoms with van der Waals surface area (Å²) in [5.41, 5.74) is 0.757. The van der Waals surface area contributed by atoms with E-state index in [0.29, 0.717) is 10.8 Å². The number of hydrogen-bond acceptors (Lipinski definition) is 3. The van der Waals surface area contributed by atoms with Gasteiger partial charge in [-0.3, -0.25) is 4.90 Å². The van der Waals surface area contributed by atoms with Crippen LogP contribution >= 0.6 is 11.6 Å². The second kappa shape index (κ2) is 6.26. The Morgan fingerprint density at radius 1 is 1.24 bits per heavy atom. The summed E-state index contributed by atoms with van der Waals surface area (Å²) in [7, 11) is 0. The van der Waals surface area contributed by atoms with Crippen LogP contribution in [-0.2, 0) is 0 Å². The van der Waals surface area contributed by atoms with Crippen molar-refractivity contribution in [2.75, 3.05) is 4.90 Å². The Bertz CT molecular complexity index is 657. The van der Waals surface area contributed by atoms with E-state index in [2.05, 4.69) is 15.3 Å². The van der Waals surface area contributed by atoms with Crippen molar-refractivity contribution in [3.63, 3.8) is 0 Å². The molecule has 2 rings (SSSR count). The Morgan fingerprint density at radius 3 is 2.57 bits per heavy atom. The molecule has 0 spiro atoms. The number of aromatic nitrogens is 2. The number of amides is 2. The zero-order chi connectivity index (χ0) is 15.6. The van der Waals surface area contributed by atoms with Crippen LogP contribution in [0.15, 0.2) is 24.5 Å². The number of nitrogens with one attached hydrogen (secondary N) is 1. The Labute approximate surface area is 129 Å². The summed E-state index contributed by atoms with van der Waals surface area (Å²) in [6.45, 7) is 7.73. The molecule has 0 saturated heterocycles. The van der Waals surface area contributed by atoms with Crippen molar-refractivity contribution in [1.82, 2.24) is 15.3 Å². The molecular weight excluding hydrogens is 288 g/mol. The van der Waals surface area contributed by atoms with E-state index in [1.54, 1.807) is 17.0 Å². The molecule has 0 bridgehead atoms. The molecule has 5 nitrogen and oxygen atoms in total. The minimum Gasteiger partial charge on any atom is -0.335 e. The second-order valence-electron chi connectivity index (χ2n) is 5.43. The van der Waals surface area contributed by atoms with Gasteiger partial charge in [0.05, 0.1) is 5.52 Å². The van der Waals surface area contributed by atoms with E-state index in [0.717, 1.165) is 10.9 Å². The van der Waals surface area contributed by atoms with Crippen molar-refractivity contribution >= 4 is 34.4 Å². The molecule has 6 heteroatoms. The van der Waals surface area contributed by atoms with Gasteiger partial charge >= 0.3 is 6.03 Å². The number of halogens is 1. The first-order valence-electron chi connectivity index (χ1n) is 6.90. The average Bonchev–Trinajstić information content (AvgIpc) is 2.38. The number of anilines is 1. The molecule has 0 aliphatic rings. The largest absolute Gasteiger partial charge is 0.335 e. The molecule has 0 aliphatic carbocycles. The minimum atomic E-state index is -0.181. The highest BCUT2D eigenvalue weighted by atomic mass is 35.5. The van der Waals surface area contributed by atoms with Crippen LogP contribution in [0.2, 0.25) is 5.02 Å². The van der Waals surface area contributed by atoms with E-state index in [-0.39, 0.29) is 18.1 Å². The van der Waals surface area contributed by atoms with E-state index < -0.39 is 0 Å². The second-order valence-corrected chi connectivity index (χ2v) is 5.86. The molecule has 21 heavy (non-hydrogen) atoms. The molecule has 0 atom stereocenters. The Kier molecular flexibility index (Phi) is 4.63. The van der Waals surface area contributed by atoms with Gasteiger partial charge in [0.1, 0.15) is 12.1 Å². The van der Waals surface area contributed by atoms with Crippen molar-refractivity contribution in [2.45, 2.75) is 39.8 Å². The van der Waals surface area contributed by atoms with Crippen molar-refractivity contribution < 1.29 is 4.79 Å². The van der Waals surface area contributed by atoms with Crippen LogP contribution < -0.4 is 10.2 Å². The maximum atomic E-state index is 12.4. The predicted octanol–water partition coefficient (Wildman–Crippen LogP) is 3.62. The van der Waals surface area contributed by atoms with E-state index in [9.17, 15) is 4.79 Å². The molecule has 112 valence electrons. The third-order valence-electron chi connectivity index (χ3n) is 2.95. The van der Waals surface area contributed by atoms with Crippen LogP contribution in [0.5, 0.6) is 0 Å². The lowest BCUT2D eigenvalue weighted by Gasteiger charge is -2.27. The van der Waals surface area contributed by atoms with Gasteiger partial charge in [-0.25, -0.2) is 14.8 Å². The Morgan fingerprint density at radius 2 is 1.95 bits per heavy atom. The average molecular weight is 307 g/mol. The van der Waals surface area contributed by atoms with E-state index >= 15 is 0 Å². The summed E-state index contributed by atoms with van der Waals surface area (Å²) >= 11 is 6.06. The van der Waals surface area contributed by atoms with Crippen molar-refractivity contribution in [3.8, 4) is 0 Å². The molecule has 1 aromatic carbocycles. The zero-order valence-corrected chi connectivity index (χ0v) is 13.3. The molecule has 2 aromatic rings. The number of urea groups is 1. The molecule has 1 N–H and O–H groups in total. The van der Waals surface area contributed by atoms with Gasteiger partial charge in [-0.2, -0.15) is 0 Å². The van der Waals surface area contributed by atoms with Gasteiger partial charge in [0.15, 0.2) is 0 Å². The first kappa shape index (κ1) is 15.5. The molecule has 2 amide bonds. The van der Waals surface area contributed by atoms with Gasteiger partial charge in [0, 0.05) is 22.5 Å². The van der Waals surface area contributed by atoms with Crippen LogP contribution in [0.4, 0.5) is 10.6 Å². The SMILES string of the molecule is CC(C)NC(=O)N(c1ncnc2ccc(Cl)cc12)C(C)C. The molecular formula is C15H19ClN4O. The fourth-order valence-electron chi connectivity index (χ4n) is 2.10. The first-order chi connectivity index (χ1) is 9.90. The van der Waals surface area contributed by atoms with E-state index in [1.165, 1.54) is 6.33 Å². The normalized spacial score (nSPS) is 11.2. The number of fused-ring (bicyclic) bond motifs is 1. The molecule has 1 heterocycles. The summed E-state index contributed by atoms with van der Waals surface area (Å²) in [5, 5.41) is 4.25. The molecule has 0 radical (unpaired) electrons. The van der Waals surface area contributed by atoms with Crippen LogP contribution in [0, 0.1) is 0 Å². The lowest BCUT2D eigenvalue weighted by Crippen LogP contribution is -2.47. The van der Waals surface area contributed by atoms with Gasteiger partial charge in [0.2, 0.25) is 0 Å². The maximum Gasteiger partial charge on any atom is 0.323 e. The smallest absolute Gasteiger partial charge is 0.323 e. The van der Waals surface area contributed by atoms with Crippen molar-refractivity contribution in [3.05, 3.63) is 29.5 Å². The number of carbonyl (C=O) groups excluding carboxylic acids is 1. The third-order valence-corrected chi connectivity index (χ3v) is 3.19. The minimum absolute atomic E-state index is 0.0409. The van der Waals surface area contributed by atoms with Crippen LogP contribution in [0.1, 0.15) is 27.7 Å². The first-order valence-corrected chi connectivity index (χ1v) is 7.28. The van der Waals surface area contributed by atoms with E-state index in [4.69, 9.17) is 11.6 Å². The highest BCUT2D eigenvalue weighted by Crippen LogP contribution is 2.27. The quantitative estimate of drug-likeness (QED) is 0.942. The van der Waals surface area contributed by atoms with Crippen molar-refractivity contribution in [1.29, 1.82) is 0 Å². The molecule has 0 fully saturated rings. The third kappa shape index (κ3) is 3.42. The van der Waals surface area contributed by atoms with E-state index in [1.807, 2.05) is 33.8 Å². The summed E-state index contributed by atoms with van der Waals surface area (Å²) in [6, 6.07) is 5.21. The summed E-state index contributed by atoms with van der Waals surface area (Å²) in [6.07, 6.45) is 1.46. The standard InChI is InChI=1S/C15H19ClN4O/c1-9(2)19-15(21)20(10(3)4)14-12-7-11(16)5-6-13(12)17-8-18-14/h5-10H,1-4H3,(H,19,21). The lowest BCUT2D eigenvalue weighted by molar-refractivity contribution is 0.242. The predicted molar refractivity (Wildman–Crippen MR) is 85.8 cm³/mol. The van der Waals surface area contributed by atoms with Crippen LogP contribution in [0.25, 0.3) is 10.9 Å². The molecule has 0 aliphatic heterocycles. The molecule has 0 saturated carbocycles. The van der Waals surface area contributed by atoms with Gasteiger partial charge in [-0.05, 0) is 45.9 Å². The molecule has 1 aromatic heterocycles. The number of hydrogen-bond donors (Lipinski definition) is 1. The summed E-state index contributed by atoms with van der Waals surface area (Å²) in [4.78, 5) is 22.6. The van der Waals surface area contributed by atoms with Crippen LogP contribution in [-0.4, -0.2) is 28.1 Å². The fraction of sp³-hybridized carbons (Fsp3) is 0.400.